The molecule has 21 heavy (non-hydrogen) atoms. The monoisotopic (exact) mass is 296 g/mol. The fourth-order valence-corrected chi connectivity index (χ4v) is 1.86. The van der Waals surface area contributed by atoms with Crippen LogP contribution in [0.4, 0.5) is 0 Å². The van der Waals surface area contributed by atoms with Crippen LogP contribution in [-0.2, 0) is 9.53 Å². The number of carbonyl (C=O) groups excluding carboxylic acids is 1. The van der Waals surface area contributed by atoms with Gasteiger partial charge in [-0.1, -0.05) is 34.3 Å². The van der Waals surface area contributed by atoms with Crippen molar-refractivity contribution in [1.82, 2.24) is 10.6 Å². The molecule has 1 atom stereocenters. The summed E-state index contributed by atoms with van der Waals surface area (Å²) in [5.41, 5.74) is -0.250. The highest BCUT2D eigenvalue weighted by Gasteiger charge is 2.28. The van der Waals surface area contributed by atoms with Crippen LogP contribution in [0.1, 0.15) is 54.9 Å². The Labute approximate surface area is 130 Å². The van der Waals surface area contributed by atoms with Gasteiger partial charge in [0.25, 0.3) is 0 Å². The molecule has 0 spiro atoms. The second-order valence-electron chi connectivity index (χ2n) is 7.02. The van der Waals surface area contributed by atoms with Gasteiger partial charge in [0.2, 0.25) is 5.91 Å². The summed E-state index contributed by atoms with van der Waals surface area (Å²) in [5, 5.41) is 6.14. The molecule has 0 aliphatic heterocycles. The fraction of sp³-hybridized carbons (Fsp3) is 0.706. The third-order valence-corrected chi connectivity index (χ3v) is 3.33. The lowest BCUT2D eigenvalue weighted by Crippen LogP contribution is -2.55. The summed E-state index contributed by atoms with van der Waals surface area (Å²) < 4.78 is 5.37. The van der Waals surface area contributed by atoms with Gasteiger partial charge in [0, 0.05) is 17.2 Å². The smallest absolute Gasteiger partial charge is 0.244 e. The number of rotatable bonds is 7. The Bertz CT molecular complexity index is 404. The van der Waals surface area contributed by atoms with Crippen molar-refractivity contribution in [2.24, 2.45) is 5.41 Å². The van der Waals surface area contributed by atoms with Gasteiger partial charge in [-0.25, -0.2) is 0 Å². The Hall–Kier alpha value is -1.29. The van der Waals surface area contributed by atoms with Gasteiger partial charge >= 0.3 is 0 Å². The van der Waals surface area contributed by atoms with Gasteiger partial charge in [-0.3, -0.25) is 4.79 Å². The van der Waals surface area contributed by atoms with E-state index in [1.807, 2.05) is 34.6 Å². The average molecular weight is 296 g/mol. The molecule has 0 rings (SSSR count). The molecule has 0 aliphatic rings. The van der Waals surface area contributed by atoms with E-state index in [0.29, 0.717) is 5.70 Å². The largest absolute Gasteiger partial charge is 0.500 e. The van der Waals surface area contributed by atoms with E-state index in [4.69, 9.17) is 4.74 Å². The Balaban J connectivity index is 4.86. The summed E-state index contributed by atoms with van der Waals surface area (Å²) in [6.45, 7) is 17.9. The zero-order chi connectivity index (χ0) is 16.8. The van der Waals surface area contributed by atoms with Crippen LogP contribution in [0.3, 0.4) is 0 Å². The topological polar surface area (TPSA) is 50.4 Å². The molecule has 0 radical (unpaired) electrons. The lowest BCUT2D eigenvalue weighted by atomic mass is 9.93. The quantitative estimate of drug-likeness (QED) is 0.559. The summed E-state index contributed by atoms with van der Waals surface area (Å²) in [7, 11) is 1.63. The summed E-state index contributed by atoms with van der Waals surface area (Å²) in [6, 6.07) is 0.277. The minimum atomic E-state index is -0.652. The minimum Gasteiger partial charge on any atom is -0.500 e. The van der Waals surface area contributed by atoms with Crippen molar-refractivity contribution in [3.8, 4) is 0 Å². The van der Waals surface area contributed by atoms with Crippen LogP contribution in [0.15, 0.2) is 24.1 Å². The highest BCUT2D eigenvalue weighted by atomic mass is 16.5. The molecule has 0 saturated heterocycles. The van der Waals surface area contributed by atoms with Crippen molar-refractivity contribution in [1.29, 1.82) is 0 Å². The van der Waals surface area contributed by atoms with Crippen LogP contribution < -0.4 is 10.6 Å². The molecule has 0 saturated carbocycles. The summed E-state index contributed by atoms with van der Waals surface area (Å²) in [5.74, 6) is 0.675. The highest BCUT2D eigenvalue weighted by molar-refractivity contribution is 5.87. The molecule has 4 heteroatoms. The molecule has 1 unspecified atom stereocenters. The van der Waals surface area contributed by atoms with E-state index in [1.54, 1.807) is 13.2 Å². The van der Waals surface area contributed by atoms with Crippen molar-refractivity contribution in [3.05, 3.63) is 24.1 Å². The van der Waals surface area contributed by atoms with Gasteiger partial charge < -0.3 is 15.4 Å². The normalized spacial score (nSPS) is 14.6. The van der Waals surface area contributed by atoms with E-state index in [-0.39, 0.29) is 17.4 Å². The second kappa shape index (κ2) is 7.64. The molecule has 0 bridgehead atoms. The lowest BCUT2D eigenvalue weighted by molar-refractivity contribution is -0.125. The van der Waals surface area contributed by atoms with E-state index < -0.39 is 5.54 Å². The maximum Gasteiger partial charge on any atom is 0.244 e. The molecule has 0 aromatic carbocycles. The van der Waals surface area contributed by atoms with Gasteiger partial charge in [0.15, 0.2) is 0 Å². The van der Waals surface area contributed by atoms with Crippen molar-refractivity contribution < 1.29 is 9.53 Å². The van der Waals surface area contributed by atoms with E-state index in [9.17, 15) is 4.79 Å². The zero-order valence-corrected chi connectivity index (χ0v) is 14.9. The molecule has 0 fully saturated rings. The molecular weight excluding hydrogens is 264 g/mol. The first kappa shape index (κ1) is 19.7. The maximum atomic E-state index is 12.3. The Kier molecular flexibility index (Phi) is 7.17. The number of methoxy groups -OCH3 is 1. The van der Waals surface area contributed by atoms with Gasteiger partial charge in [-0.2, -0.15) is 0 Å². The first-order chi connectivity index (χ1) is 9.43. The highest BCUT2D eigenvalue weighted by Crippen LogP contribution is 2.26. The predicted molar refractivity (Wildman–Crippen MR) is 88.8 cm³/mol. The summed E-state index contributed by atoms with van der Waals surface area (Å²) in [6.07, 6.45) is 2.74. The van der Waals surface area contributed by atoms with Crippen molar-refractivity contribution in [3.63, 3.8) is 0 Å². The SMILES string of the molecule is C=C(/C=C(\OC)C(C)(C)C)NC(=O)C(C)(C)NC(C)CC. The maximum absolute atomic E-state index is 12.3. The number of ether oxygens (including phenoxy) is 1. The zero-order valence-electron chi connectivity index (χ0n) is 14.9. The number of nitrogens with one attached hydrogen (secondary N) is 2. The molecule has 4 nitrogen and oxygen atoms in total. The van der Waals surface area contributed by atoms with Crippen molar-refractivity contribution >= 4 is 5.91 Å². The van der Waals surface area contributed by atoms with Crippen molar-refractivity contribution in [2.45, 2.75) is 66.5 Å². The van der Waals surface area contributed by atoms with Crippen molar-refractivity contribution in [2.75, 3.05) is 7.11 Å². The van der Waals surface area contributed by atoms with E-state index in [1.165, 1.54) is 0 Å². The molecule has 122 valence electrons. The number of hydrogen-bond donors (Lipinski definition) is 2. The fourth-order valence-electron chi connectivity index (χ4n) is 1.86. The van der Waals surface area contributed by atoms with Crippen LogP contribution in [-0.4, -0.2) is 24.6 Å². The number of carbonyl (C=O) groups is 1. The third kappa shape index (κ3) is 6.80. The predicted octanol–water partition coefficient (Wildman–Crippen LogP) is 3.36. The molecule has 2 N–H and O–H groups in total. The number of allylic oxidation sites excluding steroid dienone is 2. The summed E-state index contributed by atoms with van der Waals surface area (Å²) >= 11 is 0. The van der Waals surface area contributed by atoms with Gasteiger partial charge in [0.1, 0.15) is 5.76 Å². The molecule has 0 aliphatic carbocycles. The molecular formula is C17H32N2O2. The standard InChI is InChI=1S/C17H32N2O2/c1-10-12(2)19-17(7,8)15(20)18-13(3)11-14(21-9)16(4,5)6/h11-12,19H,3,10H2,1-2,4-9H3,(H,18,20)/b14-11-. The number of hydrogen-bond acceptors (Lipinski definition) is 3. The Morgan fingerprint density at radius 2 is 1.81 bits per heavy atom. The van der Waals surface area contributed by atoms with Crippen LogP contribution in [0, 0.1) is 5.41 Å². The first-order valence-electron chi connectivity index (χ1n) is 7.48. The van der Waals surface area contributed by atoms with Crippen LogP contribution in [0.5, 0.6) is 0 Å². The second-order valence-corrected chi connectivity index (χ2v) is 7.02. The van der Waals surface area contributed by atoms with E-state index >= 15 is 0 Å². The average Bonchev–Trinajstić information content (AvgIpc) is 2.33. The van der Waals surface area contributed by atoms with Gasteiger partial charge in [0.05, 0.1) is 12.6 Å². The molecule has 1 amide bonds. The van der Waals surface area contributed by atoms with Gasteiger partial charge in [-0.05, 0) is 33.3 Å². The third-order valence-electron chi connectivity index (χ3n) is 3.33. The van der Waals surface area contributed by atoms with E-state index in [0.717, 1.165) is 12.2 Å². The Morgan fingerprint density at radius 1 is 1.29 bits per heavy atom. The molecule has 0 aromatic rings. The lowest BCUT2D eigenvalue weighted by Gasteiger charge is -2.29. The first-order valence-corrected chi connectivity index (χ1v) is 7.48. The van der Waals surface area contributed by atoms with Crippen LogP contribution in [0.2, 0.25) is 0 Å². The van der Waals surface area contributed by atoms with E-state index in [2.05, 4.69) is 31.1 Å². The molecule has 0 heterocycles. The number of amides is 1. The Morgan fingerprint density at radius 3 is 2.19 bits per heavy atom. The molecule has 0 aromatic heterocycles. The summed E-state index contributed by atoms with van der Waals surface area (Å²) in [4.78, 5) is 12.3. The van der Waals surface area contributed by atoms with Crippen LogP contribution in [0.25, 0.3) is 0 Å². The minimum absolute atomic E-state index is 0.103. The van der Waals surface area contributed by atoms with Gasteiger partial charge in [-0.15, -0.1) is 0 Å². The van der Waals surface area contributed by atoms with Crippen LogP contribution >= 0.6 is 0 Å².